The number of carbonyl (C=O) groups is 1. The van der Waals surface area contributed by atoms with E-state index < -0.39 is 0 Å². The number of nitrogens with zero attached hydrogens (tertiary/aromatic N) is 6. The molecule has 0 unspecified atom stereocenters. The van der Waals surface area contributed by atoms with Crippen LogP contribution in [0.1, 0.15) is 21.7 Å². The molecule has 1 fully saturated rings. The van der Waals surface area contributed by atoms with Crippen molar-refractivity contribution in [3.05, 3.63) is 65.7 Å². The van der Waals surface area contributed by atoms with Crippen molar-refractivity contribution in [3.8, 4) is 5.82 Å². The molecular weight excluding hydrogens is 340 g/mol. The van der Waals surface area contributed by atoms with Gasteiger partial charge in [0.05, 0.1) is 0 Å². The number of piperazine rings is 1. The summed E-state index contributed by atoms with van der Waals surface area (Å²) in [6.07, 6.45) is 3.62. The van der Waals surface area contributed by atoms with E-state index in [-0.39, 0.29) is 5.91 Å². The lowest BCUT2D eigenvalue weighted by Crippen LogP contribution is -2.49. The van der Waals surface area contributed by atoms with Crippen molar-refractivity contribution in [3.63, 3.8) is 0 Å². The largest absolute Gasteiger partial charge is 0.352 e. The maximum absolute atomic E-state index is 12.7. The second-order valence-electron chi connectivity index (χ2n) is 6.69. The third-order valence-corrected chi connectivity index (χ3v) is 4.98. The van der Waals surface area contributed by atoms with Gasteiger partial charge in [-0.05, 0) is 37.6 Å². The van der Waals surface area contributed by atoms with Gasteiger partial charge in [-0.15, -0.1) is 10.2 Å². The van der Waals surface area contributed by atoms with Gasteiger partial charge in [0.2, 0.25) is 0 Å². The molecule has 1 aliphatic heterocycles. The van der Waals surface area contributed by atoms with E-state index in [1.54, 1.807) is 6.20 Å². The molecule has 0 atom stereocenters. The molecule has 3 heterocycles. The minimum Gasteiger partial charge on any atom is -0.352 e. The number of benzene rings is 1. The first-order chi connectivity index (χ1) is 13.1. The molecule has 7 heteroatoms. The fourth-order valence-electron chi connectivity index (χ4n) is 3.36. The van der Waals surface area contributed by atoms with Gasteiger partial charge in [-0.3, -0.25) is 9.36 Å². The monoisotopic (exact) mass is 362 g/mol. The van der Waals surface area contributed by atoms with E-state index in [1.165, 1.54) is 0 Å². The maximum Gasteiger partial charge on any atom is 0.254 e. The highest BCUT2D eigenvalue weighted by Gasteiger charge is 2.23. The number of carbonyl (C=O) groups excluding carboxylic acids is 1. The van der Waals surface area contributed by atoms with Crippen LogP contribution in [0.3, 0.4) is 0 Å². The standard InChI is InChI=1S/C20H22N6O/c1-15-5-3-4-6-17(15)20(27)25-13-11-24(12-14-25)18-7-8-19(23-22-18)26-10-9-21-16(26)2/h3-10H,11-14H2,1-2H3. The van der Waals surface area contributed by atoms with Crippen LogP contribution in [0.15, 0.2) is 48.8 Å². The third-order valence-electron chi connectivity index (χ3n) is 4.98. The number of anilines is 1. The van der Waals surface area contributed by atoms with Crippen LogP contribution < -0.4 is 4.90 Å². The first-order valence-corrected chi connectivity index (χ1v) is 9.07. The summed E-state index contributed by atoms with van der Waals surface area (Å²) < 4.78 is 1.90. The third kappa shape index (κ3) is 3.40. The van der Waals surface area contributed by atoms with Gasteiger partial charge in [-0.2, -0.15) is 0 Å². The Kier molecular flexibility index (Phi) is 4.58. The highest BCUT2D eigenvalue weighted by Crippen LogP contribution is 2.17. The summed E-state index contributed by atoms with van der Waals surface area (Å²) in [7, 11) is 0. The molecule has 0 bridgehead atoms. The molecule has 0 radical (unpaired) electrons. The fourth-order valence-corrected chi connectivity index (χ4v) is 3.36. The van der Waals surface area contributed by atoms with E-state index in [0.717, 1.165) is 41.7 Å². The Bertz CT molecular complexity index is 941. The minimum absolute atomic E-state index is 0.102. The molecule has 138 valence electrons. The van der Waals surface area contributed by atoms with Crippen LogP contribution in [-0.4, -0.2) is 56.7 Å². The molecule has 0 spiro atoms. The average molecular weight is 362 g/mol. The van der Waals surface area contributed by atoms with E-state index in [2.05, 4.69) is 20.1 Å². The first-order valence-electron chi connectivity index (χ1n) is 9.07. The summed E-state index contributed by atoms with van der Waals surface area (Å²) in [5.41, 5.74) is 1.80. The fraction of sp³-hybridized carbons (Fsp3) is 0.300. The summed E-state index contributed by atoms with van der Waals surface area (Å²) in [5, 5.41) is 8.69. The number of aromatic nitrogens is 4. The van der Waals surface area contributed by atoms with Crippen molar-refractivity contribution in [2.75, 3.05) is 31.1 Å². The number of rotatable bonds is 3. The molecule has 1 saturated heterocycles. The van der Waals surface area contributed by atoms with E-state index >= 15 is 0 Å². The van der Waals surface area contributed by atoms with Crippen LogP contribution in [0, 0.1) is 13.8 Å². The average Bonchev–Trinajstić information content (AvgIpc) is 3.14. The summed E-state index contributed by atoms with van der Waals surface area (Å²) in [6.45, 7) is 6.75. The second kappa shape index (κ2) is 7.19. The van der Waals surface area contributed by atoms with Crippen LogP contribution in [-0.2, 0) is 0 Å². The van der Waals surface area contributed by atoms with Crippen LogP contribution in [0.2, 0.25) is 0 Å². The molecule has 27 heavy (non-hydrogen) atoms. The Morgan fingerprint density at radius 1 is 0.926 bits per heavy atom. The number of aryl methyl sites for hydroxylation is 2. The van der Waals surface area contributed by atoms with Crippen LogP contribution >= 0.6 is 0 Å². The predicted molar refractivity (Wildman–Crippen MR) is 103 cm³/mol. The zero-order valence-corrected chi connectivity index (χ0v) is 15.5. The molecule has 1 aliphatic rings. The van der Waals surface area contributed by atoms with E-state index in [4.69, 9.17) is 0 Å². The van der Waals surface area contributed by atoms with Crippen molar-refractivity contribution in [1.82, 2.24) is 24.6 Å². The van der Waals surface area contributed by atoms with Crippen molar-refractivity contribution < 1.29 is 4.79 Å². The predicted octanol–water partition coefficient (Wildman–Crippen LogP) is 2.24. The molecule has 3 aromatic rings. The van der Waals surface area contributed by atoms with E-state index in [0.29, 0.717) is 13.1 Å². The van der Waals surface area contributed by atoms with E-state index in [9.17, 15) is 4.79 Å². The Labute approximate surface area is 158 Å². The van der Waals surface area contributed by atoms with Crippen molar-refractivity contribution in [2.24, 2.45) is 0 Å². The second-order valence-corrected chi connectivity index (χ2v) is 6.69. The molecule has 0 saturated carbocycles. The van der Waals surface area contributed by atoms with Crippen LogP contribution in [0.4, 0.5) is 5.82 Å². The van der Waals surface area contributed by atoms with Crippen molar-refractivity contribution in [1.29, 1.82) is 0 Å². The molecule has 1 aromatic carbocycles. The molecule has 1 amide bonds. The smallest absolute Gasteiger partial charge is 0.254 e. The lowest BCUT2D eigenvalue weighted by atomic mass is 10.1. The van der Waals surface area contributed by atoms with Crippen molar-refractivity contribution in [2.45, 2.75) is 13.8 Å². The number of imidazole rings is 1. The maximum atomic E-state index is 12.7. The molecule has 0 aliphatic carbocycles. The van der Waals surface area contributed by atoms with Crippen LogP contribution in [0.25, 0.3) is 5.82 Å². The Morgan fingerprint density at radius 2 is 1.63 bits per heavy atom. The summed E-state index contributed by atoms with van der Waals surface area (Å²) in [6, 6.07) is 11.7. The number of hydrogen-bond acceptors (Lipinski definition) is 5. The molecule has 0 N–H and O–H groups in total. The van der Waals surface area contributed by atoms with Gasteiger partial charge >= 0.3 is 0 Å². The SMILES string of the molecule is Cc1ccccc1C(=O)N1CCN(c2ccc(-n3ccnc3C)nn2)CC1. The van der Waals surface area contributed by atoms with Gasteiger partial charge in [0.25, 0.3) is 5.91 Å². The summed E-state index contributed by atoms with van der Waals surface area (Å²) in [4.78, 5) is 21.0. The lowest BCUT2D eigenvalue weighted by Gasteiger charge is -2.35. The van der Waals surface area contributed by atoms with Gasteiger partial charge < -0.3 is 9.80 Å². The normalized spacial score (nSPS) is 14.4. The van der Waals surface area contributed by atoms with E-state index in [1.807, 2.05) is 65.9 Å². The van der Waals surface area contributed by atoms with Crippen molar-refractivity contribution >= 4 is 11.7 Å². The lowest BCUT2D eigenvalue weighted by molar-refractivity contribution is 0.0745. The summed E-state index contributed by atoms with van der Waals surface area (Å²) >= 11 is 0. The van der Waals surface area contributed by atoms with Gasteiger partial charge in [0.15, 0.2) is 11.6 Å². The quantitative estimate of drug-likeness (QED) is 0.715. The topological polar surface area (TPSA) is 67.2 Å². The van der Waals surface area contributed by atoms with Gasteiger partial charge in [-0.1, -0.05) is 18.2 Å². The number of amides is 1. The van der Waals surface area contributed by atoms with Crippen LogP contribution in [0.5, 0.6) is 0 Å². The van der Waals surface area contributed by atoms with Gasteiger partial charge in [0.1, 0.15) is 5.82 Å². The zero-order valence-electron chi connectivity index (χ0n) is 15.5. The minimum atomic E-state index is 0.102. The Balaban J connectivity index is 1.41. The zero-order chi connectivity index (χ0) is 18.8. The Hall–Kier alpha value is -3.22. The highest BCUT2D eigenvalue weighted by molar-refractivity contribution is 5.95. The molecule has 7 nitrogen and oxygen atoms in total. The van der Waals surface area contributed by atoms with Gasteiger partial charge in [-0.25, -0.2) is 4.98 Å². The molecule has 4 rings (SSSR count). The molecule has 2 aromatic heterocycles. The van der Waals surface area contributed by atoms with Gasteiger partial charge in [0, 0.05) is 44.1 Å². The number of hydrogen-bond donors (Lipinski definition) is 0. The molecular formula is C20H22N6O. The summed E-state index contributed by atoms with van der Waals surface area (Å²) in [5.74, 6) is 2.56. The first kappa shape index (κ1) is 17.2. The highest BCUT2D eigenvalue weighted by atomic mass is 16.2. The Morgan fingerprint density at radius 3 is 2.26 bits per heavy atom.